The summed E-state index contributed by atoms with van der Waals surface area (Å²) in [6.45, 7) is 5.03. The lowest BCUT2D eigenvalue weighted by Crippen LogP contribution is -2.44. The lowest BCUT2D eigenvalue weighted by Gasteiger charge is -2.19. The van der Waals surface area contributed by atoms with Gasteiger partial charge in [0.25, 0.3) is 0 Å². The molecule has 6 heteroatoms. The Labute approximate surface area is 113 Å². The van der Waals surface area contributed by atoms with Gasteiger partial charge in [-0.05, 0) is 19.4 Å². The fourth-order valence-electron chi connectivity index (χ4n) is 2.29. The van der Waals surface area contributed by atoms with Gasteiger partial charge in [0, 0.05) is 12.6 Å². The van der Waals surface area contributed by atoms with Crippen LogP contribution in [0.25, 0.3) is 0 Å². The Morgan fingerprint density at radius 1 is 1.37 bits per heavy atom. The number of amides is 1. The minimum atomic E-state index is -0.859. The monoisotopic (exact) mass is 272 g/mol. The first-order valence-electron chi connectivity index (χ1n) is 6.71. The van der Waals surface area contributed by atoms with Crippen molar-refractivity contribution in [3.8, 4) is 0 Å². The highest BCUT2D eigenvalue weighted by Gasteiger charge is 2.33. The molecular formula is C13H24N2O4. The van der Waals surface area contributed by atoms with Gasteiger partial charge < -0.3 is 20.5 Å². The molecule has 1 saturated heterocycles. The second-order valence-electron chi connectivity index (χ2n) is 5.45. The van der Waals surface area contributed by atoms with Crippen molar-refractivity contribution in [1.82, 2.24) is 10.6 Å². The summed E-state index contributed by atoms with van der Waals surface area (Å²) in [5.74, 6) is -1.47. The van der Waals surface area contributed by atoms with Crippen molar-refractivity contribution in [3.63, 3.8) is 0 Å². The molecule has 3 atom stereocenters. The van der Waals surface area contributed by atoms with Crippen LogP contribution in [0.3, 0.4) is 0 Å². The van der Waals surface area contributed by atoms with Gasteiger partial charge in [0.05, 0.1) is 25.0 Å². The minimum absolute atomic E-state index is 0.00776. The maximum absolute atomic E-state index is 12.0. The summed E-state index contributed by atoms with van der Waals surface area (Å²) in [4.78, 5) is 23.1. The zero-order valence-electron chi connectivity index (χ0n) is 11.8. The predicted molar refractivity (Wildman–Crippen MR) is 70.7 cm³/mol. The average molecular weight is 272 g/mol. The Balaban J connectivity index is 2.45. The van der Waals surface area contributed by atoms with E-state index in [4.69, 9.17) is 9.84 Å². The van der Waals surface area contributed by atoms with Crippen molar-refractivity contribution in [2.75, 3.05) is 26.8 Å². The Kier molecular flexibility index (Phi) is 6.24. The lowest BCUT2D eigenvalue weighted by molar-refractivity contribution is -0.142. The fraction of sp³-hybridized carbons (Fsp3) is 0.846. The lowest BCUT2D eigenvalue weighted by atomic mass is 9.96. The highest BCUT2D eigenvalue weighted by atomic mass is 16.5. The number of carbonyl (C=O) groups is 2. The van der Waals surface area contributed by atoms with Crippen LogP contribution in [0.15, 0.2) is 0 Å². The first kappa shape index (κ1) is 15.9. The maximum Gasteiger partial charge on any atom is 0.308 e. The van der Waals surface area contributed by atoms with Gasteiger partial charge in [0.15, 0.2) is 0 Å². The normalized spacial score (nSPS) is 24.4. The molecule has 1 aliphatic rings. The molecule has 0 saturated carbocycles. The molecule has 0 spiro atoms. The Bertz CT molecular complexity index is 320. The molecule has 1 heterocycles. The van der Waals surface area contributed by atoms with Crippen molar-refractivity contribution in [2.24, 2.45) is 17.8 Å². The molecule has 1 fully saturated rings. The van der Waals surface area contributed by atoms with E-state index in [1.165, 1.54) is 0 Å². The third kappa shape index (κ3) is 4.80. The molecule has 0 radical (unpaired) electrons. The summed E-state index contributed by atoms with van der Waals surface area (Å²) in [7, 11) is 1.79. The van der Waals surface area contributed by atoms with E-state index in [0.717, 1.165) is 0 Å². The zero-order chi connectivity index (χ0) is 14.4. The Morgan fingerprint density at radius 3 is 2.58 bits per heavy atom. The summed E-state index contributed by atoms with van der Waals surface area (Å²) in [5.41, 5.74) is 0. The van der Waals surface area contributed by atoms with Crippen LogP contribution in [-0.4, -0.2) is 49.8 Å². The van der Waals surface area contributed by atoms with Gasteiger partial charge in [0.1, 0.15) is 0 Å². The van der Waals surface area contributed by atoms with Gasteiger partial charge >= 0.3 is 5.97 Å². The first-order chi connectivity index (χ1) is 8.95. The van der Waals surface area contributed by atoms with Crippen molar-refractivity contribution >= 4 is 11.9 Å². The third-order valence-electron chi connectivity index (χ3n) is 3.42. The quantitative estimate of drug-likeness (QED) is 0.611. The second kappa shape index (κ2) is 7.45. The minimum Gasteiger partial charge on any atom is -0.481 e. The molecule has 1 amide bonds. The van der Waals surface area contributed by atoms with E-state index in [9.17, 15) is 9.59 Å². The number of likely N-dealkylation sites (N-methyl/N-ethyl adjacent to an activating group) is 1. The molecular weight excluding hydrogens is 248 g/mol. The topological polar surface area (TPSA) is 87.7 Å². The van der Waals surface area contributed by atoms with Gasteiger partial charge in [-0.1, -0.05) is 13.8 Å². The standard InChI is InChI=1S/C13H24N2O4/c1-8(2)4-9(13(17)18)5-15-12(16)10-6-19-7-11(10)14-3/h8-11,14H,4-7H2,1-3H3,(H,15,16)(H,17,18). The third-order valence-corrected chi connectivity index (χ3v) is 3.42. The first-order valence-corrected chi connectivity index (χ1v) is 6.71. The van der Waals surface area contributed by atoms with Crippen molar-refractivity contribution < 1.29 is 19.4 Å². The van der Waals surface area contributed by atoms with Crippen LogP contribution in [0.5, 0.6) is 0 Å². The number of carboxylic acids is 1. The Hall–Kier alpha value is -1.14. The number of carbonyl (C=O) groups excluding carboxylic acids is 1. The van der Waals surface area contributed by atoms with Gasteiger partial charge in [-0.15, -0.1) is 0 Å². The number of hydrogen-bond acceptors (Lipinski definition) is 4. The number of carboxylic acid groups (broad SMARTS) is 1. The molecule has 3 unspecified atom stereocenters. The molecule has 0 aliphatic carbocycles. The van der Waals surface area contributed by atoms with Crippen molar-refractivity contribution in [2.45, 2.75) is 26.3 Å². The molecule has 3 N–H and O–H groups in total. The van der Waals surface area contributed by atoms with E-state index >= 15 is 0 Å². The largest absolute Gasteiger partial charge is 0.481 e. The van der Waals surface area contributed by atoms with E-state index < -0.39 is 11.9 Å². The van der Waals surface area contributed by atoms with Gasteiger partial charge in [0.2, 0.25) is 5.91 Å². The van der Waals surface area contributed by atoms with Crippen molar-refractivity contribution in [1.29, 1.82) is 0 Å². The molecule has 1 aliphatic heterocycles. The number of rotatable bonds is 7. The predicted octanol–water partition coefficient (Wildman–Crippen LogP) is 0.0839. The maximum atomic E-state index is 12.0. The van der Waals surface area contributed by atoms with E-state index in [1.807, 2.05) is 13.8 Å². The van der Waals surface area contributed by atoms with E-state index in [0.29, 0.717) is 19.6 Å². The molecule has 0 aromatic heterocycles. The summed E-state index contributed by atoms with van der Waals surface area (Å²) in [5, 5.41) is 14.9. The zero-order valence-corrected chi connectivity index (χ0v) is 11.8. The van der Waals surface area contributed by atoms with Crippen LogP contribution < -0.4 is 10.6 Å². The Morgan fingerprint density at radius 2 is 2.05 bits per heavy atom. The smallest absolute Gasteiger partial charge is 0.308 e. The van der Waals surface area contributed by atoms with E-state index in [-0.39, 0.29) is 30.3 Å². The summed E-state index contributed by atoms with van der Waals surface area (Å²) >= 11 is 0. The molecule has 0 aromatic rings. The van der Waals surface area contributed by atoms with Crippen LogP contribution in [0, 0.1) is 17.8 Å². The van der Waals surface area contributed by atoms with Crippen molar-refractivity contribution in [3.05, 3.63) is 0 Å². The molecule has 110 valence electrons. The number of hydrogen-bond donors (Lipinski definition) is 3. The fourth-order valence-corrected chi connectivity index (χ4v) is 2.29. The number of aliphatic carboxylic acids is 1. The number of ether oxygens (including phenoxy) is 1. The van der Waals surface area contributed by atoms with Crippen LogP contribution in [0.2, 0.25) is 0 Å². The van der Waals surface area contributed by atoms with Crippen LogP contribution in [0.4, 0.5) is 0 Å². The molecule has 6 nitrogen and oxygen atoms in total. The molecule has 0 bridgehead atoms. The SMILES string of the molecule is CNC1COCC1C(=O)NCC(CC(C)C)C(=O)O. The van der Waals surface area contributed by atoms with E-state index in [1.54, 1.807) is 7.05 Å². The van der Waals surface area contributed by atoms with Crippen LogP contribution in [0.1, 0.15) is 20.3 Å². The molecule has 19 heavy (non-hydrogen) atoms. The van der Waals surface area contributed by atoms with Gasteiger partial charge in [-0.2, -0.15) is 0 Å². The second-order valence-corrected chi connectivity index (χ2v) is 5.45. The summed E-state index contributed by atoms with van der Waals surface area (Å²) in [6, 6.07) is 0.00776. The average Bonchev–Trinajstić information content (AvgIpc) is 2.81. The number of nitrogens with one attached hydrogen (secondary N) is 2. The highest BCUT2D eigenvalue weighted by Crippen LogP contribution is 2.15. The van der Waals surface area contributed by atoms with Gasteiger partial charge in [-0.25, -0.2) is 0 Å². The highest BCUT2D eigenvalue weighted by molar-refractivity contribution is 5.80. The summed E-state index contributed by atoms with van der Waals surface area (Å²) in [6.07, 6.45) is 0.562. The van der Waals surface area contributed by atoms with Crippen LogP contribution in [-0.2, 0) is 14.3 Å². The molecule has 0 aromatic carbocycles. The van der Waals surface area contributed by atoms with Gasteiger partial charge in [-0.3, -0.25) is 9.59 Å². The van der Waals surface area contributed by atoms with E-state index in [2.05, 4.69) is 10.6 Å². The summed E-state index contributed by atoms with van der Waals surface area (Å²) < 4.78 is 5.26. The van der Waals surface area contributed by atoms with Crippen LogP contribution >= 0.6 is 0 Å². The molecule has 1 rings (SSSR count).